The number of carbonyl (C=O) groups excluding carboxylic acids is 1. The molecule has 0 unspecified atom stereocenters. The minimum atomic E-state index is 0. The fourth-order valence-corrected chi connectivity index (χ4v) is 3.91. The highest BCUT2D eigenvalue weighted by molar-refractivity contribution is 5.93. The van der Waals surface area contributed by atoms with E-state index in [1.54, 1.807) is 4.90 Å². The molecule has 1 amide bonds. The van der Waals surface area contributed by atoms with E-state index >= 15 is 0 Å². The van der Waals surface area contributed by atoms with Gasteiger partial charge in [0.25, 0.3) is 0 Å². The molecule has 2 heterocycles. The molecular weight excluding hydrogens is 422 g/mol. The number of halogens is 1. The predicted octanol–water partition coefficient (Wildman–Crippen LogP) is 3.97. The Bertz CT molecular complexity index is 1050. The van der Waals surface area contributed by atoms with Crippen LogP contribution in [0.1, 0.15) is 6.42 Å². The molecule has 1 aliphatic rings. The van der Waals surface area contributed by atoms with Gasteiger partial charge in [0.05, 0.1) is 17.8 Å². The topological polar surface area (TPSA) is 51.7 Å². The summed E-state index contributed by atoms with van der Waals surface area (Å²) in [7, 11) is 6.06. The Balaban J connectivity index is 0.00000289. The van der Waals surface area contributed by atoms with Crippen molar-refractivity contribution in [3.63, 3.8) is 0 Å². The van der Waals surface area contributed by atoms with Crippen LogP contribution in [0.25, 0.3) is 22.2 Å². The van der Waals surface area contributed by atoms with E-state index in [0.717, 1.165) is 66.1 Å². The van der Waals surface area contributed by atoms with Crippen molar-refractivity contribution in [2.24, 2.45) is 0 Å². The van der Waals surface area contributed by atoms with E-state index in [2.05, 4.69) is 77.7 Å². The number of fused-ring (bicyclic) bond motifs is 1. The molecular formula is C25H32ClN5O. The second-order valence-corrected chi connectivity index (χ2v) is 8.44. The summed E-state index contributed by atoms with van der Waals surface area (Å²) >= 11 is 0. The van der Waals surface area contributed by atoms with Crippen LogP contribution in [0, 0.1) is 0 Å². The second kappa shape index (κ2) is 10.7. The molecule has 1 aromatic heterocycles. The maximum absolute atomic E-state index is 12.0. The number of rotatable bonds is 7. The number of benzene rings is 2. The third kappa shape index (κ3) is 5.50. The van der Waals surface area contributed by atoms with Crippen molar-refractivity contribution in [3.8, 4) is 11.3 Å². The average Bonchev–Trinajstić information content (AvgIpc) is 2.78. The standard InChI is InChI=1S/C25H31N5O.ClH/c1-28(2)14-6-13-26-24-17-23(27-22-8-5-4-7-21(22)24)19-9-11-20(12-10-19)30-16-15-29(3)25(31)18-30;/h4-5,7-12,17H,6,13-16,18H2,1-3H3,(H,26,27);1H. The number of nitrogens with zero attached hydrogens (tertiary/aromatic N) is 4. The first-order valence-electron chi connectivity index (χ1n) is 10.9. The van der Waals surface area contributed by atoms with Gasteiger partial charge in [0.1, 0.15) is 0 Å². The SMILES string of the molecule is CN(C)CCCNc1cc(-c2ccc(N3CCN(C)C(=O)C3)cc2)nc2ccccc12.Cl. The third-order valence-corrected chi connectivity index (χ3v) is 5.80. The summed E-state index contributed by atoms with van der Waals surface area (Å²) in [4.78, 5) is 23.1. The first-order valence-corrected chi connectivity index (χ1v) is 10.9. The predicted molar refractivity (Wildman–Crippen MR) is 136 cm³/mol. The minimum absolute atomic E-state index is 0. The summed E-state index contributed by atoms with van der Waals surface area (Å²) in [6.07, 6.45) is 1.08. The molecule has 0 atom stereocenters. The monoisotopic (exact) mass is 453 g/mol. The van der Waals surface area contributed by atoms with Gasteiger partial charge in [-0.25, -0.2) is 4.98 Å². The molecule has 7 heteroatoms. The molecule has 0 aliphatic carbocycles. The van der Waals surface area contributed by atoms with Gasteiger partial charge in [-0.3, -0.25) is 4.79 Å². The van der Waals surface area contributed by atoms with Crippen molar-refractivity contribution in [1.29, 1.82) is 0 Å². The number of amides is 1. The van der Waals surface area contributed by atoms with Gasteiger partial charge >= 0.3 is 0 Å². The molecule has 1 fully saturated rings. The Labute approximate surface area is 196 Å². The summed E-state index contributed by atoms with van der Waals surface area (Å²) in [5.41, 5.74) is 5.21. The molecule has 6 nitrogen and oxygen atoms in total. The zero-order valence-electron chi connectivity index (χ0n) is 19.0. The maximum atomic E-state index is 12.0. The summed E-state index contributed by atoms with van der Waals surface area (Å²) < 4.78 is 0. The van der Waals surface area contributed by atoms with Crippen molar-refractivity contribution >= 4 is 40.6 Å². The number of para-hydroxylation sites is 1. The smallest absolute Gasteiger partial charge is 0.241 e. The lowest BCUT2D eigenvalue weighted by molar-refractivity contribution is -0.129. The van der Waals surface area contributed by atoms with Gasteiger partial charge in [0.2, 0.25) is 5.91 Å². The number of carbonyl (C=O) groups is 1. The summed E-state index contributed by atoms with van der Waals surface area (Å²) in [6.45, 7) is 4.03. The van der Waals surface area contributed by atoms with Crippen LogP contribution in [0.3, 0.4) is 0 Å². The highest BCUT2D eigenvalue weighted by Crippen LogP contribution is 2.29. The van der Waals surface area contributed by atoms with Crippen LogP contribution >= 0.6 is 12.4 Å². The summed E-state index contributed by atoms with van der Waals surface area (Å²) in [5, 5.41) is 4.75. The van der Waals surface area contributed by atoms with Crippen molar-refractivity contribution in [2.75, 3.05) is 64.1 Å². The molecule has 1 N–H and O–H groups in total. The van der Waals surface area contributed by atoms with Gasteiger partial charge in [-0.15, -0.1) is 12.4 Å². The van der Waals surface area contributed by atoms with Crippen LogP contribution in [0.2, 0.25) is 0 Å². The second-order valence-electron chi connectivity index (χ2n) is 8.44. The Hall–Kier alpha value is -2.83. The molecule has 170 valence electrons. The van der Waals surface area contributed by atoms with E-state index < -0.39 is 0 Å². The Morgan fingerprint density at radius 3 is 2.53 bits per heavy atom. The Kier molecular flexibility index (Phi) is 7.94. The van der Waals surface area contributed by atoms with Crippen LogP contribution in [0.5, 0.6) is 0 Å². The molecule has 32 heavy (non-hydrogen) atoms. The Morgan fingerprint density at radius 2 is 1.81 bits per heavy atom. The quantitative estimate of drug-likeness (QED) is 0.548. The highest BCUT2D eigenvalue weighted by Gasteiger charge is 2.21. The van der Waals surface area contributed by atoms with Gasteiger partial charge in [-0.1, -0.05) is 30.3 Å². The molecule has 0 saturated carbocycles. The van der Waals surface area contributed by atoms with Crippen LogP contribution < -0.4 is 10.2 Å². The van der Waals surface area contributed by atoms with Gasteiger partial charge in [-0.05, 0) is 51.3 Å². The van der Waals surface area contributed by atoms with E-state index in [4.69, 9.17) is 4.98 Å². The van der Waals surface area contributed by atoms with Crippen LogP contribution in [0.4, 0.5) is 11.4 Å². The molecule has 3 aromatic rings. The number of pyridine rings is 1. The zero-order chi connectivity index (χ0) is 21.8. The number of hydrogen-bond acceptors (Lipinski definition) is 5. The maximum Gasteiger partial charge on any atom is 0.241 e. The first kappa shape index (κ1) is 23.8. The van der Waals surface area contributed by atoms with E-state index in [0.29, 0.717) is 6.54 Å². The molecule has 1 saturated heterocycles. The van der Waals surface area contributed by atoms with E-state index in [1.165, 1.54) is 0 Å². The number of piperazine rings is 1. The molecule has 0 bridgehead atoms. The Morgan fingerprint density at radius 1 is 1.06 bits per heavy atom. The molecule has 0 spiro atoms. The lowest BCUT2D eigenvalue weighted by atomic mass is 10.1. The molecule has 0 radical (unpaired) electrons. The molecule has 2 aromatic carbocycles. The third-order valence-electron chi connectivity index (χ3n) is 5.80. The van der Waals surface area contributed by atoms with E-state index in [9.17, 15) is 4.79 Å². The first-order chi connectivity index (χ1) is 15.0. The highest BCUT2D eigenvalue weighted by atomic mass is 35.5. The molecule has 4 rings (SSSR count). The number of likely N-dealkylation sites (N-methyl/N-ethyl adjacent to an activating group) is 1. The van der Waals surface area contributed by atoms with Crippen molar-refractivity contribution in [3.05, 3.63) is 54.6 Å². The molecule has 1 aliphatic heterocycles. The van der Waals surface area contributed by atoms with Gasteiger partial charge in [-0.2, -0.15) is 0 Å². The summed E-state index contributed by atoms with van der Waals surface area (Å²) in [6, 6.07) is 18.8. The number of aromatic nitrogens is 1. The normalized spacial score (nSPS) is 14.1. The fraction of sp³-hybridized carbons (Fsp3) is 0.360. The lowest BCUT2D eigenvalue weighted by Gasteiger charge is -2.33. The number of hydrogen-bond donors (Lipinski definition) is 1. The average molecular weight is 454 g/mol. The van der Waals surface area contributed by atoms with Crippen molar-refractivity contribution in [1.82, 2.24) is 14.8 Å². The zero-order valence-corrected chi connectivity index (χ0v) is 19.9. The van der Waals surface area contributed by atoms with Gasteiger partial charge in [0, 0.05) is 49.0 Å². The summed E-state index contributed by atoms with van der Waals surface area (Å²) in [5.74, 6) is 0.163. The van der Waals surface area contributed by atoms with Crippen LogP contribution in [-0.4, -0.2) is 74.6 Å². The number of nitrogens with one attached hydrogen (secondary N) is 1. The van der Waals surface area contributed by atoms with Crippen LogP contribution in [-0.2, 0) is 4.79 Å². The van der Waals surface area contributed by atoms with Crippen molar-refractivity contribution in [2.45, 2.75) is 6.42 Å². The lowest BCUT2D eigenvalue weighted by Crippen LogP contribution is -2.48. The fourth-order valence-electron chi connectivity index (χ4n) is 3.91. The number of anilines is 2. The van der Waals surface area contributed by atoms with E-state index in [-0.39, 0.29) is 18.3 Å². The van der Waals surface area contributed by atoms with Crippen molar-refractivity contribution < 1.29 is 4.79 Å². The minimum Gasteiger partial charge on any atom is -0.384 e. The van der Waals surface area contributed by atoms with Gasteiger partial charge < -0.3 is 20.0 Å². The van der Waals surface area contributed by atoms with E-state index in [1.807, 2.05) is 13.1 Å². The largest absolute Gasteiger partial charge is 0.384 e. The van der Waals surface area contributed by atoms with Gasteiger partial charge in [0.15, 0.2) is 0 Å². The van der Waals surface area contributed by atoms with Crippen LogP contribution in [0.15, 0.2) is 54.6 Å².